The minimum atomic E-state index is -0.773. The fraction of sp³-hybridized carbons (Fsp3) is 0.500. The third kappa shape index (κ3) is 6.02. The number of carboxylic acid groups (broad SMARTS) is 1. The second-order valence-corrected chi connectivity index (χ2v) is 7.85. The van der Waals surface area contributed by atoms with Crippen molar-refractivity contribution in [2.75, 3.05) is 27.7 Å². The lowest BCUT2D eigenvalue weighted by atomic mass is 10.1. The Hall–Kier alpha value is -2.14. The quantitative estimate of drug-likeness (QED) is 0.708. The number of quaternary nitrogens is 1. The van der Waals surface area contributed by atoms with Crippen LogP contribution in [0.2, 0.25) is 0 Å². The number of carbonyl (C=O) groups is 1. The monoisotopic (exact) mass is 344 g/mol. The van der Waals surface area contributed by atoms with Gasteiger partial charge in [0.05, 0.1) is 39.8 Å². The minimum Gasteiger partial charge on any atom is -0.481 e. The molecule has 2 heterocycles. The number of nitrogens with zero attached hydrogens (tertiary/aromatic N) is 2. The SMILES string of the molecule is CC1=NC(=Cc2[nH]c(CCC(=O)O)cc2C)C(CCC[N+](C)(C)C)=C1. The summed E-state index contributed by atoms with van der Waals surface area (Å²) in [6, 6.07) is 2.03. The van der Waals surface area contributed by atoms with Crippen LogP contribution in [-0.4, -0.2) is 53.9 Å². The zero-order valence-electron chi connectivity index (χ0n) is 16.0. The van der Waals surface area contributed by atoms with Crippen LogP contribution in [0.15, 0.2) is 28.4 Å². The van der Waals surface area contributed by atoms with Crippen molar-refractivity contribution in [3.8, 4) is 0 Å². The maximum Gasteiger partial charge on any atom is 0.303 e. The van der Waals surface area contributed by atoms with E-state index in [4.69, 9.17) is 5.11 Å². The molecule has 0 saturated carbocycles. The average molecular weight is 344 g/mol. The Bertz CT molecular complexity index is 731. The lowest BCUT2D eigenvalue weighted by Gasteiger charge is -2.23. The number of carboxylic acids is 1. The summed E-state index contributed by atoms with van der Waals surface area (Å²) in [6.45, 7) is 5.20. The van der Waals surface area contributed by atoms with Gasteiger partial charge in [-0.2, -0.15) is 0 Å². The summed E-state index contributed by atoms with van der Waals surface area (Å²) in [5.41, 5.74) is 6.45. The normalized spacial score (nSPS) is 16.3. The number of aliphatic carboxylic acids is 1. The molecule has 25 heavy (non-hydrogen) atoms. The number of aliphatic imine (C=N–C) groups is 1. The molecule has 0 saturated heterocycles. The van der Waals surface area contributed by atoms with Crippen molar-refractivity contribution in [1.82, 2.24) is 4.98 Å². The van der Waals surface area contributed by atoms with Crippen LogP contribution in [0.4, 0.5) is 0 Å². The van der Waals surface area contributed by atoms with E-state index in [0.717, 1.165) is 52.2 Å². The van der Waals surface area contributed by atoms with E-state index < -0.39 is 5.97 Å². The Morgan fingerprint density at radius 3 is 2.64 bits per heavy atom. The molecule has 2 N–H and O–H groups in total. The van der Waals surface area contributed by atoms with Gasteiger partial charge in [0.25, 0.3) is 0 Å². The Morgan fingerprint density at radius 2 is 2.00 bits per heavy atom. The maximum atomic E-state index is 10.7. The molecule has 5 nitrogen and oxygen atoms in total. The number of aryl methyl sites for hydroxylation is 2. The minimum absolute atomic E-state index is 0.142. The standard InChI is InChI=1S/C20H29N3O2/c1-14-11-17(8-9-20(24)25)22-18(14)13-19-16(12-15(2)21-19)7-6-10-23(3,4)5/h11-13H,6-10H2,1-5H3,(H-,21,22,24,25)/p+1. The number of hydrogen-bond acceptors (Lipinski definition) is 2. The van der Waals surface area contributed by atoms with E-state index in [1.165, 1.54) is 5.57 Å². The van der Waals surface area contributed by atoms with E-state index in [9.17, 15) is 4.79 Å². The highest BCUT2D eigenvalue weighted by atomic mass is 16.4. The van der Waals surface area contributed by atoms with Crippen LogP contribution in [0, 0.1) is 6.92 Å². The predicted molar refractivity (Wildman–Crippen MR) is 103 cm³/mol. The van der Waals surface area contributed by atoms with Gasteiger partial charge in [0, 0.05) is 23.5 Å². The molecule has 0 radical (unpaired) electrons. The zero-order chi connectivity index (χ0) is 18.6. The Labute approximate surface area is 150 Å². The van der Waals surface area contributed by atoms with Gasteiger partial charge in [-0.3, -0.25) is 9.79 Å². The van der Waals surface area contributed by atoms with Crippen molar-refractivity contribution in [2.45, 2.75) is 39.5 Å². The summed E-state index contributed by atoms with van der Waals surface area (Å²) in [6.07, 6.45) is 7.08. The van der Waals surface area contributed by atoms with Crippen LogP contribution in [0.5, 0.6) is 0 Å². The van der Waals surface area contributed by atoms with Crippen LogP contribution in [0.3, 0.4) is 0 Å². The van der Waals surface area contributed by atoms with E-state index >= 15 is 0 Å². The van der Waals surface area contributed by atoms with Gasteiger partial charge in [-0.05, 0) is 56.0 Å². The molecule has 1 aliphatic rings. The van der Waals surface area contributed by atoms with Crippen molar-refractivity contribution >= 4 is 17.8 Å². The van der Waals surface area contributed by atoms with Gasteiger partial charge in [0.15, 0.2) is 0 Å². The average Bonchev–Trinajstić information content (AvgIpc) is 2.99. The molecule has 0 aliphatic carbocycles. The summed E-state index contributed by atoms with van der Waals surface area (Å²) in [5.74, 6) is -0.773. The fourth-order valence-electron chi connectivity index (χ4n) is 3.00. The number of rotatable bonds is 8. The largest absolute Gasteiger partial charge is 0.481 e. The van der Waals surface area contributed by atoms with Crippen molar-refractivity contribution < 1.29 is 14.4 Å². The lowest BCUT2D eigenvalue weighted by molar-refractivity contribution is -0.870. The number of allylic oxidation sites excluding steroid dienone is 2. The second kappa shape index (κ2) is 7.83. The molecule has 5 heteroatoms. The van der Waals surface area contributed by atoms with Crippen molar-refractivity contribution in [1.29, 1.82) is 0 Å². The van der Waals surface area contributed by atoms with E-state index in [-0.39, 0.29) is 6.42 Å². The molecule has 136 valence electrons. The molecule has 0 amide bonds. The van der Waals surface area contributed by atoms with Gasteiger partial charge in [0.2, 0.25) is 0 Å². The van der Waals surface area contributed by atoms with Crippen LogP contribution in [0.1, 0.15) is 43.1 Å². The van der Waals surface area contributed by atoms with Crippen LogP contribution in [-0.2, 0) is 11.2 Å². The molecule has 0 spiro atoms. The molecule has 1 aromatic rings. The lowest BCUT2D eigenvalue weighted by Crippen LogP contribution is -2.35. The molecule has 2 rings (SSSR count). The second-order valence-electron chi connectivity index (χ2n) is 7.85. The number of aromatic amines is 1. The Balaban J connectivity index is 2.10. The molecule has 0 atom stereocenters. The molecule has 0 bridgehead atoms. The Morgan fingerprint density at radius 1 is 1.28 bits per heavy atom. The first-order valence-electron chi connectivity index (χ1n) is 8.83. The summed E-state index contributed by atoms with van der Waals surface area (Å²) in [5, 5.41) is 8.83. The number of hydrogen-bond donors (Lipinski definition) is 2. The van der Waals surface area contributed by atoms with Gasteiger partial charge in [-0.15, -0.1) is 0 Å². The van der Waals surface area contributed by atoms with Crippen LogP contribution < -0.4 is 0 Å². The molecular weight excluding hydrogens is 314 g/mol. The molecule has 0 fully saturated rings. The van der Waals surface area contributed by atoms with Gasteiger partial charge in [0.1, 0.15) is 0 Å². The fourth-order valence-corrected chi connectivity index (χ4v) is 3.00. The third-order valence-corrected chi connectivity index (χ3v) is 4.28. The van der Waals surface area contributed by atoms with Gasteiger partial charge in [-0.25, -0.2) is 0 Å². The van der Waals surface area contributed by atoms with Gasteiger partial charge in [-0.1, -0.05) is 0 Å². The zero-order valence-corrected chi connectivity index (χ0v) is 16.0. The van der Waals surface area contributed by atoms with Crippen molar-refractivity contribution in [3.63, 3.8) is 0 Å². The first-order chi connectivity index (χ1) is 11.6. The first-order valence-corrected chi connectivity index (χ1v) is 8.83. The summed E-state index contributed by atoms with van der Waals surface area (Å²) >= 11 is 0. The van der Waals surface area contributed by atoms with E-state index in [1.54, 1.807) is 0 Å². The molecular formula is C20H30N3O2+. The molecule has 0 aromatic carbocycles. The maximum absolute atomic E-state index is 10.7. The van der Waals surface area contributed by atoms with Gasteiger partial charge < -0.3 is 14.6 Å². The van der Waals surface area contributed by atoms with E-state index in [2.05, 4.69) is 43.3 Å². The highest BCUT2D eigenvalue weighted by Gasteiger charge is 2.15. The topological polar surface area (TPSA) is 65.5 Å². The van der Waals surface area contributed by atoms with Crippen molar-refractivity contribution in [2.24, 2.45) is 4.99 Å². The van der Waals surface area contributed by atoms with E-state index in [1.807, 2.05) is 19.9 Å². The number of aromatic nitrogens is 1. The highest BCUT2D eigenvalue weighted by Crippen LogP contribution is 2.27. The molecule has 1 aromatic heterocycles. The summed E-state index contributed by atoms with van der Waals surface area (Å²) in [7, 11) is 6.63. The third-order valence-electron chi connectivity index (χ3n) is 4.28. The predicted octanol–water partition coefficient (Wildman–Crippen LogP) is 3.57. The van der Waals surface area contributed by atoms with Crippen molar-refractivity contribution in [3.05, 3.63) is 40.4 Å². The number of nitrogens with one attached hydrogen (secondary N) is 1. The summed E-state index contributed by atoms with van der Waals surface area (Å²) < 4.78 is 0.967. The van der Waals surface area contributed by atoms with Crippen LogP contribution >= 0.6 is 0 Å². The molecule has 1 aliphatic heterocycles. The first kappa shape index (κ1) is 19.2. The highest BCUT2D eigenvalue weighted by molar-refractivity contribution is 5.98. The van der Waals surface area contributed by atoms with E-state index in [0.29, 0.717) is 6.42 Å². The Kier molecular flexibility index (Phi) is 6.01. The number of H-pyrrole nitrogens is 1. The smallest absolute Gasteiger partial charge is 0.303 e. The molecule has 0 unspecified atom stereocenters. The summed E-state index contributed by atoms with van der Waals surface area (Å²) in [4.78, 5) is 18.8. The van der Waals surface area contributed by atoms with Crippen LogP contribution in [0.25, 0.3) is 6.08 Å². The van der Waals surface area contributed by atoms with Gasteiger partial charge >= 0.3 is 5.97 Å².